The molecule has 26 heavy (non-hydrogen) atoms. The molecule has 0 radical (unpaired) electrons. The van der Waals surface area contributed by atoms with Crippen molar-refractivity contribution in [3.8, 4) is 34.0 Å². The highest BCUT2D eigenvalue weighted by atomic mass is 19.1. The number of aromatic hydroxyl groups is 1. The summed E-state index contributed by atoms with van der Waals surface area (Å²) < 4.78 is 24.4. The lowest BCUT2D eigenvalue weighted by Crippen LogP contribution is -2.38. The summed E-state index contributed by atoms with van der Waals surface area (Å²) in [5.74, 6) is 0.331. The number of phenolic OH excluding ortho intramolecular Hbond substituents is 1. The highest BCUT2D eigenvalue weighted by molar-refractivity contribution is 5.73. The lowest BCUT2D eigenvalue weighted by Gasteiger charge is -2.26. The third kappa shape index (κ3) is 3.36. The first-order chi connectivity index (χ1) is 12.7. The maximum absolute atomic E-state index is 13.7. The van der Waals surface area contributed by atoms with Gasteiger partial charge in [0.15, 0.2) is 6.17 Å². The van der Waals surface area contributed by atoms with E-state index in [1.165, 1.54) is 0 Å². The SMILES string of the molecule is Oc1cc(-c2cn[nH]c2)ccc1-c1ccc(O[C@H]2CCOC[C@H]2F)nn1. The summed E-state index contributed by atoms with van der Waals surface area (Å²) in [5.41, 5.74) is 2.75. The van der Waals surface area contributed by atoms with E-state index in [0.717, 1.165) is 11.1 Å². The lowest BCUT2D eigenvalue weighted by atomic mass is 10.0. The molecule has 1 fully saturated rings. The molecule has 0 spiro atoms. The van der Waals surface area contributed by atoms with Crippen molar-refractivity contribution in [3.63, 3.8) is 0 Å². The number of ether oxygens (including phenoxy) is 2. The number of benzene rings is 1. The Bertz CT molecular complexity index is 871. The second-order valence-corrected chi connectivity index (χ2v) is 6.01. The standard InChI is InChI=1S/C18H17FN4O3/c19-14-10-25-6-5-17(14)26-18-4-3-15(22-23-18)13-2-1-11(7-16(13)24)12-8-20-21-9-12/h1-4,7-9,14,17,24H,5-6,10H2,(H,20,21)/t14-,17+/m1/s1. The molecule has 1 aliphatic heterocycles. The molecule has 2 aromatic heterocycles. The molecular weight excluding hydrogens is 339 g/mol. The predicted molar refractivity (Wildman–Crippen MR) is 91.5 cm³/mol. The van der Waals surface area contributed by atoms with E-state index in [1.807, 2.05) is 6.07 Å². The molecule has 1 aliphatic rings. The molecule has 2 atom stereocenters. The molecule has 0 saturated carbocycles. The summed E-state index contributed by atoms with van der Waals surface area (Å²) in [6.45, 7) is 0.501. The van der Waals surface area contributed by atoms with E-state index >= 15 is 0 Å². The minimum absolute atomic E-state index is 0.0348. The van der Waals surface area contributed by atoms with Crippen molar-refractivity contribution in [2.45, 2.75) is 18.7 Å². The number of aromatic nitrogens is 4. The van der Waals surface area contributed by atoms with Crippen LogP contribution < -0.4 is 4.74 Å². The van der Waals surface area contributed by atoms with Crippen molar-refractivity contribution in [1.82, 2.24) is 20.4 Å². The largest absolute Gasteiger partial charge is 0.507 e. The molecule has 3 heterocycles. The zero-order chi connectivity index (χ0) is 17.9. The molecule has 1 aromatic carbocycles. The maximum Gasteiger partial charge on any atom is 0.233 e. The van der Waals surface area contributed by atoms with Crippen LogP contribution in [0, 0.1) is 0 Å². The Morgan fingerprint density at radius 3 is 2.81 bits per heavy atom. The summed E-state index contributed by atoms with van der Waals surface area (Å²) in [7, 11) is 0. The smallest absolute Gasteiger partial charge is 0.233 e. The average Bonchev–Trinajstić information content (AvgIpc) is 3.19. The predicted octanol–water partition coefficient (Wildman–Crippen LogP) is 2.75. The summed E-state index contributed by atoms with van der Waals surface area (Å²) in [6.07, 6.45) is 2.14. The van der Waals surface area contributed by atoms with Gasteiger partial charge in [0.05, 0.1) is 25.1 Å². The van der Waals surface area contributed by atoms with Crippen LogP contribution in [0.4, 0.5) is 4.39 Å². The molecule has 7 nitrogen and oxygen atoms in total. The first kappa shape index (κ1) is 16.5. The summed E-state index contributed by atoms with van der Waals surface area (Å²) in [5, 5.41) is 25.0. The number of phenols is 1. The van der Waals surface area contributed by atoms with Gasteiger partial charge in [0.1, 0.15) is 11.9 Å². The molecule has 4 rings (SSSR count). The van der Waals surface area contributed by atoms with Crippen LogP contribution in [0.2, 0.25) is 0 Å². The molecule has 0 unspecified atom stereocenters. The second-order valence-electron chi connectivity index (χ2n) is 6.01. The van der Waals surface area contributed by atoms with Crippen molar-refractivity contribution < 1.29 is 19.0 Å². The van der Waals surface area contributed by atoms with Crippen LogP contribution in [0.25, 0.3) is 22.4 Å². The number of H-pyrrole nitrogens is 1. The van der Waals surface area contributed by atoms with E-state index in [2.05, 4.69) is 20.4 Å². The van der Waals surface area contributed by atoms with Gasteiger partial charge in [0, 0.05) is 29.8 Å². The van der Waals surface area contributed by atoms with Gasteiger partial charge in [-0.15, -0.1) is 10.2 Å². The lowest BCUT2D eigenvalue weighted by molar-refractivity contribution is -0.0399. The number of hydrogen-bond donors (Lipinski definition) is 2. The van der Waals surface area contributed by atoms with Crippen LogP contribution in [0.5, 0.6) is 11.6 Å². The van der Waals surface area contributed by atoms with Crippen LogP contribution in [0.1, 0.15) is 6.42 Å². The Hall–Kier alpha value is -3.00. The fraction of sp³-hybridized carbons (Fsp3) is 0.278. The summed E-state index contributed by atoms with van der Waals surface area (Å²) in [6, 6.07) is 8.57. The number of rotatable bonds is 4. The Morgan fingerprint density at radius 2 is 2.12 bits per heavy atom. The highest BCUT2D eigenvalue weighted by Crippen LogP contribution is 2.32. The maximum atomic E-state index is 13.7. The minimum Gasteiger partial charge on any atom is -0.507 e. The van der Waals surface area contributed by atoms with Crippen molar-refractivity contribution in [3.05, 3.63) is 42.7 Å². The molecule has 3 aromatic rings. The number of aromatic amines is 1. The molecular formula is C18H17FN4O3. The number of hydrogen-bond acceptors (Lipinski definition) is 6. The molecule has 1 saturated heterocycles. The van der Waals surface area contributed by atoms with E-state index < -0.39 is 12.3 Å². The number of nitrogens with zero attached hydrogens (tertiary/aromatic N) is 3. The van der Waals surface area contributed by atoms with Gasteiger partial charge in [0.2, 0.25) is 5.88 Å². The van der Waals surface area contributed by atoms with Gasteiger partial charge in [0.25, 0.3) is 0 Å². The van der Waals surface area contributed by atoms with Crippen molar-refractivity contribution in [1.29, 1.82) is 0 Å². The monoisotopic (exact) mass is 356 g/mol. The van der Waals surface area contributed by atoms with Crippen molar-refractivity contribution >= 4 is 0 Å². The Kier molecular flexibility index (Phi) is 4.49. The third-order valence-electron chi connectivity index (χ3n) is 4.24. The summed E-state index contributed by atoms with van der Waals surface area (Å²) >= 11 is 0. The van der Waals surface area contributed by atoms with E-state index in [9.17, 15) is 9.50 Å². The van der Waals surface area contributed by atoms with Gasteiger partial charge in [-0.3, -0.25) is 5.10 Å². The first-order valence-corrected chi connectivity index (χ1v) is 8.25. The van der Waals surface area contributed by atoms with E-state index in [4.69, 9.17) is 9.47 Å². The van der Waals surface area contributed by atoms with Gasteiger partial charge >= 0.3 is 0 Å². The minimum atomic E-state index is -1.18. The van der Waals surface area contributed by atoms with Crippen molar-refractivity contribution in [2.75, 3.05) is 13.2 Å². The fourth-order valence-corrected chi connectivity index (χ4v) is 2.83. The van der Waals surface area contributed by atoms with Gasteiger partial charge in [-0.2, -0.15) is 5.10 Å². The second kappa shape index (κ2) is 7.09. The normalized spacial score (nSPS) is 20.0. The van der Waals surface area contributed by atoms with Gasteiger partial charge in [-0.1, -0.05) is 6.07 Å². The molecule has 134 valence electrons. The molecule has 8 heteroatoms. The Labute approximate surface area is 148 Å². The Balaban J connectivity index is 1.51. The third-order valence-corrected chi connectivity index (χ3v) is 4.24. The van der Waals surface area contributed by atoms with E-state index in [0.29, 0.717) is 24.3 Å². The average molecular weight is 356 g/mol. The Morgan fingerprint density at radius 1 is 1.19 bits per heavy atom. The van der Waals surface area contributed by atoms with Crippen LogP contribution in [-0.2, 0) is 4.74 Å². The van der Waals surface area contributed by atoms with Gasteiger partial charge in [-0.25, -0.2) is 4.39 Å². The number of nitrogens with one attached hydrogen (secondary N) is 1. The fourth-order valence-electron chi connectivity index (χ4n) is 2.83. The quantitative estimate of drug-likeness (QED) is 0.747. The molecule has 2 N–H and O–H groups in total. The van der Waals surface area contributed by atoms with Gasteiger partial charge < -0.3 is 14.6 Å². The molecule has 0 aliphatic carbocycles. The summed E-state index contributed by atoms with van der Waals surface area (Å²) in [4.78, 5) is 0. The van der Waals surface area contributed by atoms with E-state index in [-0.39, 0.29) is 18.2 Å². The van der Waals surface area contributed by atoms with Crippen LogP contribution >= 0.6 is 0 Å². The van der Waals surface area contributed by atoms with Gasteiger partial charge in [-0.05, 0) is 23.8 Å². The number of halogens is 1. The zero-order valence-electron chi connectivity index (χ0n) is 13.8. The zero-order valence-corrected chi connectivity index (χ0v) is 13.8. The van der Waals surface area contributed by atoms with Crippen LogP contribution in [0.15, 0.2) is 42.7 Å². The van der Waals surface area contributed by atoms with E-state index in [1.54, 1.807) is 36.7 Å². The highest BCUT2D eigenvalue weighted by Gasteiger charge is 2.27. The first-order valence-electron chi connectivity index (χ1n) is 8.25. The van der Waals surface area contributed by atoms with Crippen LogP contribution in [-0.4, -0.2) is 51.0 Å². The van der Waals surface area contributed by atoms with Crippen LogP contribution in [0.3, 0.4) is 0 Å². The molecule has 0 amide bonds. The van der Waals surface area contributed by atoms with Crippen molar-refractivity contribution in [2.24, 2.45) is 0 Å². The molecule has 0 bridgehead atoms. The topological polar surface area (TPSA) is 93.2 Å². The number of alkyl halides is 1.